The number of rotatable bonds is 7. The zero-order chi connectivity index (χ0) is 20.9. The van der Waals surface area contributed by atoms with Gasteiger partial charge in [0.2, 0.25) is 0 Å². The molecule has 0 aliphatic rings. The van der Waals surface area contributed by atoms with Crippen molar-refractivity contribution in [2.75, 3.05) is 4.90 Å². The molecule has 1 aromatic heterocycles. The molecular formula is C26H23FN2O. The number of hydrogen-bond acceptors (Lipinski definition) is 2. The van der Waals surface area contributed by atoms with Gasteiger partial charge in [0.1, 0.15) is 12.1 Å². The summed E-state index contributed by atoms with van der Waals surface area (Å²) in [6, 6.07) is 21.1. The molecule has 1 N–H and O–H groups in total. The van der Waals surface area contributed by atoms with Crippen molar-refractivity contribution in [3.8, 4) is 0 Å². The van der Waals surface area contributed by atoms with Gasteiger partial charge in [0, 0.05) is 41.6 Å². The second-order valence-corrected chi connectivity index (χ2v) is 7.29. The monoisotopic (exact) mass is 398 g/mol. The highest BCUT2D eigenvalue weighted by Crippen LogP contribution is 2.24. The van der Waals surface area contributed by atoms with Crippen molar-refractivity contribution >= 4 is 33.6 Å². The fourth-order valence-corrected chi connectivity index (χ4v) is 3.61. The average Bonchev–Trinajstić information content (AvgIpc) is 3.16. The first-order valence-corrected chi connectivity index (χ1v) is 9.97. The molecule has 0 bridgehead atoms. The molecule has 3 nitrogen and oxygen atoms in total. The Labute approximate surface area is 175 Å². The number of nitrogens with one attached hydrogen (secondary N) is 1. The number of halogens is 1. The van der Waals surface area contributed by atoms with E-state index in [1.165, 1.54) is 17.5 Å². The second-order valence-electron chi connectivity index (χ2n) is 7.29. The maximum atomic E-state index is 13.4. The third-order valence-electron chi connectivity index (χ3n) is 5.11. The van der Waals surface area contributed by atoms with Crippen LogP contribution < -0.4 is 4.90 Å². The Balaban J connectivity index is 1.55. The Bertz CT molecular complexity index is 1240. The molecule has 4 rings (SSSR count). The van der Waals surface area contributed by atoms with Gasteiger partial charge in [-0.25, -0.2) is 4.39 Å². The zero-order valence-corrected chi connectivity index (χ0v) is 16.8. The van der Waals surface area contributed by atoms with Gasteiger partial charge in [-0.3, -0.25) is 0 Å². The third-order valence-corrected chi connectivity index (χ3v) is 5.11. The second kappa shape index (κ2) is 8.78. The molecule has 1 unspecified atom stereocenters. The van der Waals surface area contributed by atoms with Crippen molar-refractivity contribution in [2.24, 2.45) is 5.92 Å². The highest BCUT2D eigenvalue weighted by atomic mass is 19.1. The summed E-state index contributed by atoms with van der Waals surface area (Å²) in [5.74, 6) is -0.573. The Morgan fingerprint density at radius 2 is 1.77 bits per heavy atom. The van der Waals surface area contributed by atoms with Crippen LogP contribution in [-0.2, 0) is 11.2 Å². The number of carbonyl (C=O) groups excluding carboxylic acids is 1. The number of H-pyrrole nitrogens is 1. The van der Waals surface area contributed by atoms with Crippen LogP contribution in [0.1, 0.15) is 12.6 Å². The lowest BCUT2D eigenvalue weighted by molar-refractivity contribution is -0.109. The number of allylic oxidation sites excluding steroid dienone is 2. The van der Waals surface area contributed by atoms with E-state index in [-0.39, 0.29) is 11.7 Å². The average molecular weight is 398 g/mol. The largest absolute Gasteiger partial charge is 0.358 e. The van der Waals surface area contributed by atoms with E-state index in [0.717, 1.165) is 34.0 Å². The Kier molecular flexibility index (Phi) is 5.75. The van der Waals surface area contributed by atoms with E-state index in [1.807, 2.05) is 54.6 Å². The summed E-state index contributed by atoms with van der Waals surface area (Å²) in [7, 11) is 0. The van der Waals surface area contributed by atoms with E-state index in [2.05, 4.69) is 35.3 Å². The smallest absolute Gasteiger partial charge is 0.127 e. The molecule has 3 aromatic carbocycles. The van der Waals surface area contributed by atoms with Gasteiger partial charge in [-0.05, 0) is 59.5 Å². The van der Waals surface area contributed by atoms with Crippen LogP contribution in [0.25, 0.3) is 21.7 Å². The van der Waals surface area contributed by atoms with Gasteiger partial charge in [0.15, 0.2) is 0 Å². The lowest BCUT2D eigenvalue weighted by Gasteiger charge is -2.17. The molecule has 0 aliphatic carbocycles. The lowest BCUT2D eigenvalue weighted by Crippen LogP contribution is -2.10. The fourth-order valence-electron chi connectivity index (χ4n) is 3.61. The summed E-state index contributed by atoms with van der Waals surface area (Å²) in [6.45, 7) is 1.96. The number of hydrogen-bond donors (Lipinski definition) is 1. The molecule has 0 amide bonds. The van der Waals surface area contributed by atoms with Gasteiger partial charge in [-0.2, -0.15) is 0 Å². The topological polar surface area (TPSA) is 36.1 Å². The van der Waals surface area contributed by atoms with Crippen molar-refractivity contribution in [3.63, 3.8) is 0 Å². The quantitative estimate of drug-likeness (QED) is 0.367. The van der Waals surface area contributed by atoms with E-state index in [9.17, 15) is 9.18 Å². The van der Waals surface area contributed by atoms with Gasteiger partial charge in [0.25, 0.3) is 0 Å². The van der Waals surface area contributed by atoms with Gasteiger partial charge < -0.3 is 14.7 Å². The molecule has 30 heavy (non-hydrogen) atoms. The summed E-state index contributed by atoms with van der Waals surface area (Å²) < 4.78 is 13.4. The Hall–Kier alpha value is -3.66. The minimum absolute atomic E-state index is 0.278. The highest BCUT2D eigenvalue weighted by Gasteiger charge is 2.09. The van der Waals surface area contributed by atoms with Crippen molar-refractivity contribution in [3.05, 3.63) is 103 Å². The van der Waals surface area contributed by atoms with Crippen molar-refractivity contribution in [2.45, 2.75) is 13.3 Å². The van der Waals surface area contributed by atoms with E-state index >= 15 is 0 Å². The summed E-state index contributed by atoms with van der Waals surface area (Å²) in [4.78, 5) is 16.9. The minimum atomic E-state index is -0.295. The SMILES string of the molecule is C/C=C\N(/C=C/C(C=O)Cc1cc2ccc(F)cc2[nH]1)c1ccc2ccccc2c1. The number of fused-ring (bicyclic) bond motifs is 2. The highest BCUT2D eigenvalue weighted by molar-refractivity contribution is 5.86. The molecule has 150 valence electrons. The molecule has 1 atom stereocenters. The molecule has 0 spiro atoms. The third kappa shape index (κ3) is 4.33. The standard InChI is InChI=1S/C26H23FN2O/c1-2-12-29(25-10-8-20-5-3-4-6-21(20)16-25)13-11-19(18-30)14-24-15-22-7-9-23(27)17-26(22)28-24/h2-13,15-19,28H,14H2,1H3/b12-2-,13-11+. The van der Waals surface area contributed by atoms with Crippen LogP contribution >= 0.6 is 0 Å². The normalized spacial score (nSPS) is 12.9. The molecular weight excluding hydrogens is 375 g/mol. The molecule has 0 radical (unpaired) electrons. The summed E-state index contributed by atoms with van der Waals surface area (Å²) in [6.07, 6.45) is 9.21. The van der Waals surface area contributed by atoms with Gasteiger partial charge >= 0.3 is 0 Å². The molecule has 0 saturated heterocycles. The van der Waals surface area contributed by atoms with Gasteiger partial charge in [-0.1, -0.05) is 42.5 Å². The predicted molar refractivity (Wildman–Crippen MR) is 122 cm³/mol. The maximum Gasteiger partial charge on any atom is 0.127 e. The first kappa shape index (κ1) is 19.6. The molecule has 1 heterocycles. The van der Waals surface area contributed by atoms with Crippen molar-refractivity contribution in [1.82, 2.24) is 4.98 Å². The number of carbonyl (C=O) groups is 1. The number of aromatic amines is 1. The summed E-state index contributed by atoms with van der Waals surface area (Å²) in [5.41, 5.74) is 2.67. The number of aromatic nitrogens is 1. The predicted octanol–water partition coefficient (Wildman–Crippen LogP) is 6.37. The maximum absolute atomic E-state index is 13.4. The molecule has 0 saturated carbocycles. The first-order valence-electron chi connectivity index (χ1n) is 9.97. The van der Waals surface area contributed by atoms with Gasteiger partial charge in [-0.15, -0.1) is 0 Å². The first-order chi connectivity index (χ1) is 14.7. The molecule has 4 aromatic rings. The van der Waals surface area contributed by atoms with Crippen LogP contribution in [0, 0.1) is 11.7 Å². The lowest BCUT2D eigenvalue weighted by atomic mass is 10.0. The van der Waals surface area contributed by atoms with E-state index < -0.39 is 0 Å². The summed E-state index contributed by atoms with van der Waals surface area (Å²) in [5, 5.41) is 3.29. The van der Waals surface area contributed by atoms with Crippen LogP contribution in [0.15, 0.2) is 91.3 Å². The van der Waals surface area contributed by atoms with Crippen molar-refractivity contribution < 1.29 is 9.18 Å². The molecule has 4 heteroatoms. The van der Waals surface area contributed by atoms with Crippen LogP contribution in [0.5, 0.6) is 0 Å². The molecule has 0 aliphatic heterocycles. The number of nitrogens with zero attached hydrogens (tertiary/aromatic N) is 1. The Morgan fingerprint density at radius 1 is 0.967 bits per heavy atom. The van der Waals surface area contributed by atoms with Crippen LogP contribution in [-0.4, -0.2) is 11.3 Å². The van der Waals surface area contributed by atoms with Crippen molar-refractivity contribution in [1.29, 1.82) is 0 Å². The van der Waals surface area contributed by atoms with Crippen LogP contribution in [0.3, 0.4) is 0 Å². The van der Waals surface area contributed by atoms with E-state index in [1.54, 1.807) is 6.07 Å². The molecule has 0 fully saturated rings. The summed E-state index contributed by atoms with van der Waals surface area (Å²) >= 11 is 0. The van der Waals surface area contributed by atoms with Crippen LogP contribution in [0.2, 0.25) is 0 Å². The van der Waals surface area contributed by atoms with E-state index in [4.69, 9.17) is 0 Å². The minimum Gasteiger partial charge on any atom is -0.358 e. The van der Waals surface area contributed by atoms with Crippen LogP contribution in [0.4, 0.5) is 10.1 Å². The van der Waals surface area contributed by atoms with Gasteiger partial charge in [0.05, 0.1) is 0 Å². The van der Waals surface area contributed by atoms with E-state index in [0.29, 0.717) is 6.42 Å². The number of aldehydes is 1. The Morgan fingerprint density at radius 3 is 2.57 bits per heavy atom. The fraction of sp³-hybridized carbons (Fsp3) is 0.115. The number of anilines is 1. The zero-order valence-electron chi connectivity index (χ0n) is 16.8. The number of benzene rings is 3.